The van der Waals surface area contributed by atoms with E-state index in [9.17, 15) is 0 Å². The Balaban J connectivity index is 1.70. The van der Waals surface area contributed by atoms with Crippen LogP contribution in [0.3, 0.4) is 0 Å². The van der Waals surface area contributed by atoms with Gasteiger partial charge in [0.05, 0.1) is 0 Å². The minimum atomic E-state index is 0.655. The monoisotopic (exact) mass is 229 g/mol. The third-order valence-corrected chi connectivity index (χ3v) is 2.44. The predicted octanol–water partition coefficient (Wildman–Crippen LogP) is 1.92. The average molecular weight is 229 g/mol. The van der Waals surface area contributed by atoms with E-state index < -0.39 is 0 Å². The molecule has 0 amide bonds. The van der Waals surface area contributed by atoms with Gasteiger partial charge >= 0.3 is 0 Å². The molecule has 0 radical (unpaired) electrons. The summed E-state index contributed by atoms with van der Waals surface area (Å²) in [5.74, 6) is 0.655. The number of nitrogens with zero attached hydrogens (tertiary/aromatic N) is 2. The SMILES string of the molecule is C=C(CNCCc1ncno1)c1ccccc1. The summed E-state index contributed by atoms with van der Waals surface area (Å²) in [6, 6.07) is 10.1. The summed E-state index contributed by atoms with van der Waals surface area (Å²) in [4.78, 5) is 3.95. The highest BCUT2D eigenvalue weighted by Gasteiger charge is 2.00. The second-order valence-corrected chi connectivity index (χ2v) is 3.73. The molecule has 0 saturated heterocycles. The van der Waals surface area contributed by atoms with Crippen molar-refractivity contribution in [2.45, 2.75) is 6.42 Å². The van der Waals surface area contributed by atoms with Crippen molar-refractivity contribution in [1.29, 1.82) is 0 Å². The van der Waals surface area contributed by atoms with Gasteiger partial charge < -0.3 is 9.84 Å². The molecule has 0 atom stereocenters. The number of nitrogens with one attached hydrogen (secondary N) is 1. The lowest BCUT2D eigenvalue weighted by Gasteiger charge is -2.06. The van der Waals surface area contributed by atoms with Crippen LogP contribution in [0.1, 0.15) is 11.5 Å². The van der Waals surface area contributed by atoms with E-state index in [1.54, 1.807) is 0 Å². The third kappa shape index (κ3) is 3.53. The summed E-state index contributed by atoms with van der Waals surface area (Å²) in [6.07, 6.45) is 2.15. The van der Waals surface area contributed by atoms with Gasteiger partial charge in [-0.2, -0.15) is 4.98 Å². The average Bonchev–Trinajstić information content (AvgIpc) is 2.88. The van der Waals surface area contributed by atoms with Gasteiger partial charge in [-0.25, -0.2) is 0 Å². The van der Waals surface area contributed by atoms with Gasteiger partial charge in [0.15, 0.2) is 6.33 Å². The van der Waals surface area contributed by atoms with Crippen LogP contribution in [-0.2, 0) is 6.42 Å². The zero-order chi connectivity index (χ0) is 11.9. The fourth-order valence-corrected chi connectivity index (χ4v) is 1.52. The smallest absolute Gasteiger partial charge is 0.227 e. The van der Waals surface area contributed by atoms with Crippen molar-refractivity contribution in [3.8, 4) is 0 Å². The maximum atomic E-state index is 4.90. The Kier molecular flexibility index (Phi) is 4.05. The molecule has 1 heterocycles. The van der Waals surface area contributed by atoms with E-state index in [1.165, 1.54) is 6.33 Å². The second kappa shape index (κ2) is 5.96. The topological polar surface area (TPSA) is 51.0 Å². The molecular formula is C13H15N3O. The molecule has 0 aliphatic heterocycles. The maximum Gasteiger partial charge on any atom is 0.227 e. The van der Waals surface area contributed by atoms with Crippen LogP contribution in [0.5, 0.6) is 0 Å². The summed E-state index contributed by atoms with van der Waals surface area (Å²) in [5, 5.41) is 6.85. The molecular weight excluding hydrogens is 214 g/mol. The first-order valence-corrected chi connectivity index (χ1v) is 5.56. The van der Waals surface area contributed by atoms with Crippen LogP contribution in [0.4, 0.5) is 0 Å². The Bertz CT molecular complexity index is 451. The minimum absolute atomic E-state index is 0.655. The molecule has 0 aliphatic carbocycles. The largest absolute Gasteiger partial charge is 0.340 e. The van der Waals surface area contributed by atoms with Crippen molar-refractivity contribution in [3.63, 3.8) is 0 Å². The number of rotatable bonds is 6. The molecule has 1 aromatic heterocycles. The first-order chi connectivity index (χ1) is 8.36. The Hall–Kier alpha value is -1.94. The van der Waals surface area contributed by atoms with Crippen molar-refractivity contribution in [3.05, 3.63) is 54.7 Å². The van der Waals surface area contributed by atoms with Crippen molar-refractivity contribution >= 4 is 5.57 Å². The third-order valence-electron chi connectivity index (χ3n) is 2.44. The summed E-state index contributed by atoms with van der Waals surface area (Å²) >= 11 is 0. The van der Waals surface area contributed by atoms with E-state index in [2.05, 4.69) is 34.2 Å². The molecule has 0 fully saturated rings. The zero-order valence-corrected chi connectivity index (χ0v) is 9.60. The van der Waals surface area contributed by atoms with Crippen molar-refractivity contribution in [2.75, 3.05) is 13.1 Å². The van der Waals surface area contributed by atoms with Crippen molar-refractivity contribution in [1.82, 2.24) is 15.5 Å². The van der Waals surface area contributed by atoms with Crippen LogP contribution in [0.25, 0.3) is 5.57 Å². The lowest BCUT2D eigenvalue weighted by Crippen LogP contribution is -2.19. The molecule has 0 bridgehead atoms. The number of hydrogen-bond acceptors (Lipinski definition) is 4. The summed E-state index contributed by atoms with van der Waals surface area (Å²) in [6.45, 7) is 5.61. The molecule has 0 unspecified atom stereocenters. The summed E-state index contributed by atoms with van der Waals surface area (Å²) in [7, 11) is 0. The Morgan fingerprint density at radius 1 is 1.29 bits per heavy atom. The van der Waals surface area contributed by atoms with Crippen LogP contribution in [0.15, 0.2) is 47.8 Å². The molecule has 4 heteroatoms. The van der Waals surface area contributed by atoms with Gasteiger partial charge in [-0.3, -0.25) is 0 Å². The van der Waals surface area contributed by atoms with Gasteiger partial charge in [0.1, 0.15) is 0 Å². The van der Waals surface area contributed by atoms with Gasteiger partial charge in [-0.1, -0.05) is 42.1 Å². The molecule has 0 aliphatic rings. The van der Waals surface area contributed by atoms with Crippen LogP contribution in [0.2, 0.25) is 0 Å². The van der Waals surface area contributed by atoms with E-state index in [0.29, 0.717) is 5.89 Å². The minimum Gasteiger partial charge on any atom is -0.340 e. The van der Waals surface area contributed by atoms with E-state index in [1.807, 2.05) is 18.2 Å². The number of benzene rings is 1. The second-order valence-electron chi connectivity index (χ2n) is 3.73. The molecule has 1 aromatic carbocycles. The highest BCUT2D eigenvalue weighted by molar-refractivity contribution is 5.64. The molecule has 17 heavy (non-hydrogen) atoms. The molecule has 4 nitrogen and oxygen atoms in total. The lowest BCUT2D eigenvalue weighted by molar-refractivity contribution is 0.376. The van der Waals surface area contributed by atoms with Gasteiger partial charge in [-0.05, 0) is 11.1 Å². The van der Waals surface area contributed by atoms with Gasteiger partial charge in [-0.15, -0.1) is 0 Å². The van der Waals surface area contributed by atoms with Crippen LogP contribution in [-0.4, -0.2) is 23.2 Å². The van der Waals surface area contributed by atoms with Crippen LogP contribution < -0.4 is 5.32 Å². The fourth-order valence-electron chi connectivity index (χ4n) is 1.52. The fraction of sp³-hybridized carbons (Fsp3) is 0.231. The molecule has 1 N–H and O–H groups in total. The summed E-state index contributed by atoms with van der Waals surface area (Å²) < 4.78 is 4.90. The van der Waals surface area contributed by atoms with Gasteiger partial charge in [0, 0.05) is 19.5 Å². The van der Waals surface area contributed by atoms with Crippen LogP contribution in [0, 0.1) is 0 Å². The molecule has 2 aromatic rings. The van der Waals surface area contributed by atoms with E-state index >= 15 is 0 Å². The maximum absolute atomic E-state index is 4.90. The molecule has 2 rings (SSSR count). The predicted molar refractivity (Wildman–Crippen MR) is 66.3 cm³/mol. The number of hydrogen-bond donors (Lipinski definition) is 1. The van der Waals surface area contributed by atoms with Crippen molar-refractivity contribution in [2.24, 2.45) is 0 Å². The Labute approximate surface area is 100 Å². The standard InChI is InChI=1S/C13H15N3O/c1-11(12-5-3-2-4-6-12)9-14-8-7-13-15-10-16-17-13/h2-6,10,14H,1,7-9H2. The lowest BCUT2D eigenvalue weighted by atomic mass is 10.1. The Morgan fingerprint density at radius 2 is 2.12 bits per heavy atom. The first kappa shape index (κ1) is 11.5. The molecule has 0 saturated carbocycles. The first-order valence-electron chi connectivity index (χ1n) is 5.56. The zero-order valence-electron chi connectivity index (χ0n) is 9.60. The van der Waals surface area contributed by atoms with E-state index in [4.69, 9.17) is 4.52 Å². The van der Waals surface area contributed by atoms with Gasteiger partial charge in [0.25, 0.3) is 0 Å². The molecule has 0 spiro atoms. The molecule has 88 valence electrons. The van der Waals surface area contributed by atoms with E-state index in [0.717, 1.165) is 30.6 Å². The highest BCUT2D eigenvalue weighted by Crippen LogP contribution is 2.09. The van der Waals surface area contributed by atoms with Gasteiger partial charge in [0.2, 0.25) is 5.89 Å². The highest BCUT2D eigenvalue weighted by atomic mass is 16.5. The van der Waals surface area contributed by atoms with Crippen molar-refractivity contribution < 1.29 is 4.52 Å². The number of aromatic nitrogens is 2. The van der Waals surface area contributed by atoms with E-state index in [-0.39, 0.29) is 0 Å². The quantitative estimate of drug-likeness (QED) is 0.769. The summed E-state index contributed by atoms with van der Waals surface area (Å²) in [5.41, 5.74) is 2.24. The van der Waals surface area contributed by atoms with Crippen LogP contribution >= 0.6 is 0 Å². The normalized spacial score (nSPS) is 10.4. The Morgan fingerprint density at radius 3 is 2.82 bits per heavy atom.